The lowest BCUT2D eigenvalue weighted by Gasteiger charge is -2.34. The molecule has 2 aromatic rings. The molecule has 0 saturated carbocycles. The summed E-state index contributed by atoms with van der Waals surface area (Å²) in [7, 11) is 1.49. The maximum absolute atomic E-state index is 12.8. The van der Waals surface area contributed by atoms with Crippen molar-refractivity contribution >= 4 is 23.8 Å². The summed E-state index contributed by atoms with van der Waals surface area (Å²) >= 11 is 0. The monoisotopic (exact) mass is 465 g/mol. The SMILES string of the molecule is COc1cc(/C=C/C(=O)N2CCN(C(=O)c3ccc(C(C)C)cc3)CC2)ccc1OCC(N)=O. The van der Waals surface area contributed by atoms with Crippen LogP contribution < -0.4 is 15.2 Å². The summed E-state index contributed by atoms with van der Waals surface area (Å²) in [6.07, 6.45) is 3.19. The van der Waals surface area contributed by atoms with E-state index >= 15 is 0 Å². The van der Waals surface area contributed by atoms with Crippen molar-refractivity contribution in [2.75, 3.05) is 39.9 Å². The molecule has 1 heterocycles. The lowest BCUT2D eigenvalue weighted by atomic mass is 10.0. The Morgan fingerprint density at radius 1 is 0.971 bits per heavy atom. The smallest absolute Gasteiger partial charge is 0.255 e. The van der Waals surface area contributed by atoms with Gasteiger partial charge in [0.05, 0.1) is 7.11 Å². The van der Waals surface area contributed by atoms with Gasteiger partial charge in [-0.2, -0.15) is 0 Å². The maximum Gasteiger partial charge on any atom is 0.255 e. The van der Waals surface area contributed by atoms with E-state index in [1.165, 1.54) is 18.7 Å². The van der Waals surface area contributed by atoms with E-state index in [2.05, 4.69) is 13.8 Å². The highest BCUT2D eigenvalue weighted by Gasteiger charge is 2.24. The van der Waals surface area contributed by atoms with E-state index in [1.54, 1.807) is 34.1 Å². The molecular weight excluding hydrogens is 434 g/mol. The molecule has 1 aliphatic heterocycles. The first-order valence-corrected chi connectivity index (χ1v) is 11.2. The predicted octanol–water partition coefficient (Wildman–Crippen LogP) is 2.68. The molecule has 2 N–H and O–H groups in total. The summed E-state index contributed by atoms with van der Waals surface area (Å²) in [4.78, 5) is 39.9. The van der Waals surface area contributed by atoms with E-state index in [-0.39, 0.29) is 18.4 Å². The van der Waals surface area contributed by atoms with Crippen molar-refractivity contribution in [2.24, 2.45) is 5.73 Å². The molecule has 8 heteroatoms. The van der Waals surface area contributed by atoms with Crippen molar-refractivity contribution in [3.63, 3.8) is 0 Å². The third-order valence-electron chi connectivity index (χ3n) is 5.68. The normalized spacial score (nSPS) is 13.9. The zero-order valence-corrected chi connectivity index (χ0v) is 19.8. The van der Waals surface area contributed by atoms with Crippen LogP contribution in [0.5, 0.6) is 11.5 Å². The van der Waals surface area contributed by atoms with Crippen molar-refractivity contribution in [1.29, 1.82) is 0 Å². The van der Waals surface area contributed by atoms with Gasteiger partial charge in [0, 0.05) is 37.8 Å². The van der Waals surface area contributed by atoms with E-state index in [0.29, 0.717) is 49.2 Å². The van der Waals surface area contributed by atoms with E-state index in [9.17, 15) is 14.4 Å². The van der Waals surface area contributed by atoms with Crippen molar-refractivity contribution < 1.29 is 23.9 Å². The molecule has 34 heavy (non-hydrogen) atoms. The number of nitrogens with two attached hydrogens (primary N) is 1. The van der Waals surface area contributed by atoms with Crippen molar-refractivity contribution in [1.82, 2.24) is 9.80 Å². The molecule has 0 unspecified atom stereocenters. The van der Waals surface area contributed by atoms with Gasteiger partial charge in [0.2, 0.25) is 5.91 Å². The highest BCUT2D eigenvalue weighted by Crippen LogP contribution is 2.28. The van der Waals surface area contributed by atoms with Gasteiger partial charge in [-0.25, -0.2) is 0 Å². The maximum atomic E-state index is 12.8. The Balaban J connectivity index is 1.55. The fourth-order valence-corrected chi connectivity index (χ4v) is 3.65. The van der Waals surface area contributed by atoms with Crippen LogP contribution in [0.1, 0.15) is 41.3 Å². The molecule has 180 valence electrons. The number of carbonyl (C=O) groups excluding carboxylic acids is 3. The number of hydrogen-bond donors (Lipinski definition) is 1. The topological polar surface area (TPSA) is 102 Å². The van der Waals surface area contributed by atoms with Crippen molar-refractivity contribution in [3.8, 4) is 11.5 Å². The van der Waals surface area contributed by atoms with Crippen molar-refractivity contribution in [3.05, 3.63) is 65.2 Å². The molecule has 3 rings (SSSR count). The van der Waals surface area contributed by atoms with Gasteiger partial charge in [-0.15, -0.1) is 0 Å². The molecule has 0 aliphatic carbocycles. The second-order valence-electron chi connectivity index (χ2n) is 8.39. The van der Waals surface area contributed by atoms with E-state index in [1.807, 2.05) is 24.3 Å². The number of benzene rings is 2. The number of ether oxygens (including phenoxy) is 2. The standard InChI is InChI=1S/C26H31N3O5/c1-18(2)20-6-8-21(9-7-20)26(32)29-14-12-28(13-15-29)25(31)11-5-19-4-10-22(23(16-19)33-3)34-17-24(27)30/h4-11,16,18H,12-15,17H2,1-3H3,(H2,27,30)/b11-5+. The van der Waals surface area contributed by atoms with E-state index in [4.69, 9.17) is 15.2 Å². The molecule has 0 aromatic heterocycles. The average Bonchev–Trinajstić information content (AvgIpc) is 2.85. The molecule has 3 amide bonds. The summed E-state index contributed by atoms with van der Waals surface area (Å²) in [6, 6.07) is 12.9. The molecule has 2 aromatic carbocycles. The highest BCUT2D eigenvalue weighted by atomic mass is 16.5. The molecular formula is C26H31N3O5. The zero-order valence-electron chi connectivity index (χ0n) is 19.8. The first kappa shape index (κ1) is 24.8. The fourth-order valence-electron chi connectivity index (χ4n) is 3.65. The van der Waals surface area contributed by atoms with Gasteiger partial charge in [0.25, 0.3) is 11.8 Å². The summed E-state index contributed by atoms with van der Waals surface area (Å²) in [5.41, 5.74) is 7.72. The van der Waals surface area contributed by atoms with Crippen LogP contribution in [0.4, 0.5) is 0 Å². The Kier molecular flexibility index (Phi) is 8.29. The third kappa shape index (κ3) is 6.37. The number of nitrogens with zero attached hydrogens (tertiary/aromatic N) is 2. The summed E-state index contributed by atoms with van der Waals surface area (Å²) in [6.45, 7) is 5.92. The van der Waals surface area contributed by atoms with Crippen molar-refractivity contribution in [2.45, 2.75) is 19.8 Å². The summed E-state index contributed by atoms with van der Waals surface area (Å²) in [5.74, 6) is 0.530. The predicted molar refractivity (Wildman–Crippen MR) is 130 cm³/mol. The molecule has 0 atom stereocenters. The van der Waals surface area contributed by atoms with Crippen LogP contribution in [0.25, 0.3) is 6.08 Å². The van der Waals surface area contributed by atoms with E-state index < -0.39 is 5.91 Å². The van der Waals surface area contributed by atoms with Crippen LogP contribution in [-0.2, 0) is 9.59 Å². The van der Waals surface area contributed by atoms with Crippen LogP contribution in [0.15, 0.2) is 48.5 Å². The van der Waals surface area contributed by atoms with Crippen LogP contribution in [0.2, 0.25) is 0 Å². The zero-order chi connectivity index (χ0) is 24.7. The highest BCUT2D eigenvalue weighted by molar-refractivity contribution is 5.95. The minimum Gasteiger partial charge on any atom is -0.493 e. The van der Waals surface area contributed by atoms with Gasteiger partial charge in [0.1, 0.15) is 0 Å². The second-order valence-corrected chi connectivity index (χ2v) is 8.39. The lowest BCUT2D eigenvalue weighted by molar-refractivity contribution is -0.127. The summed E-state index contributed by atoms with van der Waals surface area (Å²) in [5, 5.41) is 0. The first-order valence-electron chi connectivity index (χ1n) is 11.2. The number of amides is 3. The minimum atomic E-state index is -0.581. The molecule has 0 radical (unpaired) electrons. The molecule has 1 saturated heterocycles. The Hall–Kier alpha value is -3.81. The first-order chi connectivity index (χ1) is 16.3. The lowest BCUT2D eigenvalue weighted by Crippen LogP contribution is -2.50. The molecule has 0 spiro atoms. The third-order valence-corrected chi connectivity index (χ3v) is 5.68. The number of hydrogen-bond acceptors (Lipinski definition) is 5. The number of primary amides is 1. The Bertz CT molecular complexity index is 1050. The van der Waals surface area contributed by atoms with Gasteiger partial charge >= 0.3 is 0 Å². The number of methoxy groups -OCH3 is 1. The van der Waals surface area contributed by atoms with Gasteiger partial charge in [-0.1, -0.05) is 32.0 Å². The Morgan fingerprint density at radius 2 is 1.62 bits per heavy atom. The van der Waals surface area contributed by atoms with Crippen LogP contribution in [0.3, 0.4) is 0 Å². The van der Waals surface area contributed by atoms with Crippen LogP contribution >= 0.6 is 0 Å². The minimum absolute atomic E-state index is 0.0105. The van der Waals surface area contributed by atoms with Gasteiger partial charge in [0.15, 0.2) is 18.1 Å². The Morgan fingerprint density at radius 3 is 2.21 bits per heavy atom. The average molecular weight is 466 g/mol. The molecule has 8 nitrogen and oxygen atoms in total. The van der Waals surface area contributed by atoms with E-state index in [0.717, 1.165) is 5.56 Å². The van der Waals surface area contributed by atoms with Gasteiger partial charge in [-0.3, -0.25) is 14.4 Å². The number of piperazine rings is 1. The fraction of sp³-hybridized carbons (Fsp3) is 0.346. The second kappa shape index (κ2) is 11.4. The van der Waals surface area contributed by atoms with Gasteiger partial charge < -0.3 is 25.0 Å². The number of carbonyl (C=O) groups is 3. The van der Waals surface area contributed by atoms with Crippen LogP contribution in [-0.4, -0.2) is 67.4 Å². The largest absolute Gasteiger partial charge is 0.493 e. The molecule has 0 bridgehead atoms. The van der Waals surface area contributed by atoms with Crippen LogP contribution in [0, 0.1) is 0 Å². The Labute approximate surface area is 199 Å². The molecule has 1 fully saturated rings. The van der Waals surface area contributed by atoms with Gasteiger partial charge in [-0.05, 0) is 47.4 Å². The molecule has 1 aliphatic rings. The number of rotatable bonds is 8. The quantitative estimate of drug-likeness (QED) is 0.604. The summed E-state index contributed by atoms with van der Waals surface area (Å²) < 4.78 is 10.6.